The summed E-state index contributed by atoms with van der Waals surface area (Å²) in [7, 11) is 2.46. The Morgan fingerprint density at radius 1 is 1.22 bits per heavy atom. The first-order valence-electron chi connectivity index (χ1n) is 7.81. The van der Waals surface area contributed by atoms with Crippen molar-refractivity contribution < 1.29 is 28.4 Å². The van der Waals surface area contributed by atoms with Gasteiger partial charge in [0.25, 0.3) is 5.91 Å². The molecule has 27 heavy (non-hydrogen) atoms. The third-order valence-electron chi connectivity index (χ3n) is 3.76. The fraction of sp³-hybridized carbons (Fsp3) is 0.222. The fourth-order valence-electron chi connectivity index (χ4n) is 2.45. The van der Waals surface area contributed by atoms with E-state index >= 15 is 0 Å². The van der Waals surface area contributed by atoms with Crippen molar-refractivity contribution in [3.8, 4) is 5.75 Å². The van der Waals surface area contributed by atoms with E-state index in [1.165, 1.54) is 43.5 Å². The van der Waals surface area contributed by atoms with Crippen molar-refractivity contribution in [1.82, 2.24) is 5.32 Å². The van der Waals surface area contributed by atoms with Gasteiger partial charge in [-0.2, -0.15) is 0 Å². The molecule has 1 amide bonds. The molecule has 2 aromatic carbocycles. The van der Waals surface area contributed by atoms with E-state index in [0.29, 0.717) is 5.56 Å². The van der Waals surface area contributed by atoms with Gasteiger partial charge in [-0.25, -0.2) is 9.18 Å². The number of hydrogen-bond acceptors (Lipinski definition) is 6. The van der Waals surface area contributed by atoms with Gasteiger partial charge in [0, 0.05) is 18.1 Å². The molecule has 0 heterocycles. The highest BCUT2D eigenvalue weighted by Gasteiger charge is 2.24. The second-order valence-corrected chi connectivity index (χ2v) is 5.53. The number of rotatable bonds is 7. The number of carbonyl (C=O) groups excluding carboxylic acids is 2. The molecule has 0 saturated heterocycles. The number of benzene rings is 2. The number of nitrogens with zero attached hydrogens (tertiary/aromatic N) is 1. The molecule has 142 valence electrons. The van der Waals surface area contributed by atoms with Crippen LogP contribution in [0.25, 0.3) is 0 Å². The lowest BCUT2D eigenvalue weighted by Gasteiger charge is -2.17. The van der Waals surface area contributed by atoms with E-state index in [1.807, 2.05) is 0 Å². The van der Waals surface area contributed by atoms with Crippen molar-refractivity contribution in [2.75, 3.05) is 14.2 Å². The molecule has 0 aliphatic rings. The minimum atomic E-state index is -1.11. The highest BCUT2D eigenvalue weighted by Crippen LogP contribution is 2.28. The van der Waals surface area contributed by atoms with Gasteiger partial charge in [-0.15, -0.1) is 0 Å². The Morgan fingerprint density at radius 2 is 1.96 bits per heavy atom. The summed E-state index contributed by atoms with van der Waals surface area (Å²) in [6.45, 7) is 0. The fourth-order valence-corrected chi connectivity index (χ4v) is 2.45. The van der Waals surface area contributed by atoms with Crippen LogP contribution in [0.4, 0.5) is 10.1 Å². The van der Waals surface area contributed by atoms with E-state index in [-0.39, 0.29) is 23.4 Å². The van der Waals surface area contributed by atoms with Gasteiger partial charge >= 0.3 is 11.7 Å². The normalized spacial score (nSPS) is 11.4. The summed E-state index contributed by atoms with van der Waals surface area (Å²) in [6.07, 6.45) is -0.0570. The lowest BCUT2D eigenvalue weighted by atomic mass is 10.0. The Morgan fingerprint density at radius 3 is 2.56 bits per heavy atom. The molecule has 0 aromatic heterocycles. The summed E-state index contributed by atoms with van der Waals surface area (Å²) in [5, 5.41) is 13.6. The number of hydrogen-bond donors (Lipinski definition) is 1. The van der Waals surface area contributed by atoms with Crippen LogP contribution in [0.15, 0.2) is 42.5 Å². The summed E-state index contributed by atoms with van der Waals surface area (Å²) in [4.78, 5) is 34.8. The van der Waals surface area contributed by atoms with Crippen LogP contribution < -0.4 is 10.1 Å². The predicted molar refractivity (Wildman–Crippen MR) is 93.0 cm³/mol. The molecule has 0 spiro atoms. The number of methoxy groups -OCH3 is 2. The van der Waals surface area contributed by atoms with Crippen molar-refractivity contribution in [3.05, 3.63) is 69.5 Å². The van der Waals surface area contributed by atoms with Gasteiger partial charge in [-0.05, 0) is 29.8 Å². The maximum absolute atomic E-state index is 13.3. The monoisotopic (exact) mass is 376 g/mol. The molecule has 2 rings (SSSR count). The quantitative estimate of drug-likeness (QED) is 0.451. The van der Waals surface area contributed by atoms with E-state index < -0.39 is 28.7 Å². The summed E-state index contributed by atoms with van der Waals surface area (Å²) < 4.78 is 22.9. The number of ether oxygens (including phenoxy) is 2. The molecular formula is C18H17FN2O6. The van der Waals surface area contributed by atoms with E-state index in [0.717, 1.165) is 13.2 Å². The van der Waals surface area contributed by atoms with Crippen LogP contribution >= 0.6 is 0 Å². The maximum Gasteiger partial charge on any atom is 0.328 e. The van der Waals surface area contributed by atoms with E-state index in [2.05, 4.69) is 10.1 Å². The highest BCUT2D eigenvalue weighted by atomic mass is 19.1. The van der Waals surface area contributed by atoms with Crippen molar-refractivity contribution >= 4 is 17.6 Å². The Hall–Kier alpha value is -3.49. The van der Waals surface area contributed by atoms with Crippen molar-refractivity contribution in [3.63, 3.8) is 0 Å². The third-order valence-corrected chi connectivity index (χ3v) is 3.76. The number of amides is 1. The number of carbonyl (C=O) groups is 2. The smallest absolute Gasteiger partial charge is 0.328 e. The van der Waals surface area contributed by atoms with Crippen molar-refractivity contribution in [2.24, 2.45) is 0 Å². The SMILES string of the molecule is COC(=O)[C@H](Cc1ccc(OC)c([N+](=O)[O-])c1)NC(=O)c1cccc(F)c1. The molecule has 0 bridgehead atoms. The largest absolute Gasteiger partial charge is 0.490 e. The summed E-state index contributed by atoms with van der Waals surface area (Å²) in [5.41, 5.74) is 0.178. The number of esters is 1. The van der Waals surface area contributed by atoms with Crippen LogP contribution in [0, 0.1) is 15.9 Å². The van der Waals surface area contributed by atoms with Gasteiger partial charge in [0.1, 0.15) is 11.9 Å². The van der Waals surface area contributed by atoms with Gasteiger partial charge in [-0.1, -0.05) is 12.1 Å². The molecule has 1 atom stereocenters. The maximum atomic E-state index is 13.3. The number of nitrogens with one attached hydrogen (secondary N) is 1. The molecule has 0 fully saturated rings. The van der Waals surface area contributed by atoms with Crippen LogP contribution in [0.2, 0.25) is 0 Å². The molecule has 0 radical (unpaired) electrons. The molecule has 9 heteroatoms. The van der Waals surface area contributed by atoms with Gasteiger partial charge in [0.2, 0.25) is 0 Å². The van der Waals surface area contributed by atoms with Gasteiger partial charge in [-0.3, -0.25) is 14.9 Å². The summed E-state index contributed by atoms with van der Waals surface area (Å²) in [6, 6.07) is 8.05. The molecule has 0 unspecified atom stereocenters. The van der Waals surface area contributed by atoms with Gasteiger partial charge < -0.3 is 14.8 Å². The highest BCUT2D eigenvalue weighted by molar-refractivity contribution is 5.96. The average Bonchev–Trinajstić information content (AvgIpc) is 2.66. The predicted octanol–water partition coefficient (Wildman–Crippen LogP) is 2.26. The first-order valence-corrected chi connectivity index (χ1v) is 7.81. The number of halogens is 1. The molecule has 2 aromatic rings. The van der Waals surface area contributed by atoms with Gasteiger partial charge in [0.05, 0.1) is 19.1 Å². The van der Waals surface area contributed by atoms with Crippen molar-refractivity contribution in [1.29, 1.82) is 0 Å². The topological polar surface area (TPSA) is 108 Å². The summed E-state index contributed by atoms with van der Waals surface area (Å²) >= 11 is 0. The Labute approximate surface area is 154 Å². The zero-order chi connectivity index (χ0) is 20.0. The van der Waals surface area contributed by atoms with E-state index in [4.69, 9.17) is 4.74 Å². The Balaban J connectivity index is 2.25. The van der Waals surface area contributed by atoms with E-state index in [9.17, 15) is 24.1 Å². The second-order valence-electron chi connectivity index (χ2n) is 5.53. The first kappa shape index (κ1) is 19.8. The van der Waals surface area contributed by atoms with Crippen LogP contribution in [0.5, 0.6) is 5.75 Å². The molecule has 0 aliphatic heterocycles. The minimum Gasteiger partial charge on any atom is -0.490 e. The number of nitro benzene ring substituents is 1. The van der Waals surface area contributed by atoms with Crippen LogP contribution in [0.1, 0.15) is 15.9 Å². The Bertz CT molecular complexity index is 871. The lowest BCUT2D eigenvalue weighted by molar-refractivity contribution is -0.385. The second kappa shape index (κ2) is 8.75. The average molecular weight is 376 g/mol. The molecule has 0 saturated carbocycles. The number of nitro groups is 1. The third kappa shape index (κ3) is 5.00. The zero-order valence-corrected chi connectivity index (χ0v) is 14.6. The van der Waals surface area contributed by atoms with Crippen LogP contribution in [-0.4, -0.2) is 37.1 Å². The minimum absolute atomic E-state index is 0.0321. The summed E-state index contributed by atoms with van der Waals surface area (Å²) in [5.74, 6) is -1.93. The van der Waals surface area contributed by atoms with Crippen LogP contribution in [0.3, 0.4) is 0 Å². The van der Waals surface area contributed by atoms with Crippen LogP contribution in [-0.2, 0) is 16.0 Å². The zero-order valence-electron chi connectivity index (χ0n) is 14.6. The molecule has 1 N–H and O–H groups in total. The first-order chi connectivity index (χ1) is 12.8. The standard InChI is InChI=1S/C18H17FN2O6/c1-26-16-7-6-11(9-15(16)21(24)25)8-14(18(23)27-2)20-17(22)12-4-3-5-13(19)10-12/h3-7,9-10,14H,8H2,1-2H3,(H,20,22)/t14-/m0/s1. The van der Waals surface area contributed by atoms with Crippen molar-refractivity contribution in [2.45, 2.75) is 12.5 Å². The van der Waals surface area contributed by atoms with E-state index in [1.54, 1.807) is 0 Å². The molecule has 0 aliphatic carbocycles. The van der Waals surface area contributed by atoms with Gasteiger partial charge in [0.15, 0.2) is 5.75 Å². The Kier molecular flexibility index (Phi) is 6.42. The lowest BCUT2D eigenvalue weighted by Crippen LogP contribution is -2.43. The molecule has 8 nitrogen and oxygen atoms in total. The molecular weight excluding hydrogens is 359 g/mol.